The van der Waals surface area contributed by atoms with Gasteiger partial charge < -0.3 is 9.73 Å². The summed E-state index contributed by atoms with van der Waals surface area (Å²) in [5.74, 6) is 1.06. The lowest BCUT2D eigenvalue weighted by atomic mass is 10.1. The van der Waals surface area contributed by atoms with E-state index in [9.17, 15) is 4.79 Å². The Labute approximate surface area is 143 Å². The molecule has 0 atom stereocenters. The van der Waals surface area contributed by atoms with Gasteiger partial charge in [0.15, 0.2) is 0 Å². The molecular weight excluding hydrogens is 302 g/mol. The van der Waals surface area contributed by atoms with E-state index in [4.69, 9.17) is 4.42 Å². The lowest BCUT2D eigenvalue weighted by Crippen LogP contribution is -2.48. The molecule has 1 fully saturated rings. The number of carbonyl (C=O) groups is 1. The van der Waals surface area contributed by atoms with Crippen LogP contribution < -0.4 is 5.32 Å². The van der Waals surface area contributed by atoms with Crippen LogP contribution in [0.1, 0.15) is 16.9 Å². The molecule has 1 saturated heterocycles. The third-order valence-corrected chi connectivity index (χ3v) is 4.54. The van der Waals surface area contributed by atoms with Gasteiger partial charge in [0.25, 0.3) is 0 Å². The first kappa shape index (κ1) is 16.7. The van der Waals surface area contributed by atoms with E-state index in [1.54, 1.807) is 6.26 Å². The molecule has 0 saturated carbocycles. The molecule has 3 rings (SSSR count). The molecule has 2 aromatic rings. The van der Waals surface area contributed by atoms with E-state index in [2.05, 4.69) is 15.1 Å². The number of carbonyl (C=O) groups excluding carboxylic acids is 1. The number of piperazine rings is 1. The molecule has 1 aliphatic rings. The standard InChI is InChI=1S/C19H25N3O2/c1-15-5-3-6-16(2)19(15)20-18(23)14-22-10-8-21(9-11-22)13-17-7-4-12-24-17/h3-7,12H,8-11,13-14H2,1-2H3,(H,20,23). The molecule has 0 spiro atoms. The number of anilines is 1. The summed E-state index contributed by atoms with van der Waals surface area (Å²) < 4.78 is 5.40. The predicted molar refractivity (Wildman–Crippen MR) is 95.0 cm³/mol. The second kappa shape index (κ2) is 7.64. The van der Waals surface area contributed by atoms with Crippen LogP contribution in [0.15, 0.2) is 41.0 Å². The van der Waals surface area contributed by atoms with Crippen molar-refractivity contribution in [2.75, 3.05) is 38.0 Å². The predicted octanol–water partition coefficient (Wildman–Crippen LogP) is 2.65. The first-order valence-corrected chi connectivity index (χ1v) is 8.45. The van der Waals surface area contributed by atoms with Crippen molar-refractivity contribution < 1.29 is 9.21 Å². The van der Waals surface area contributed by atoms with Gasteiger partial charge >= 0.3 is 0 Å². The fourth-order valence-corrected chi connectivity index (χ4v) is 3.12. The third-order valence-electron chi connectivity index (χ3n) is 4.54. The normalized spacial score (nSPS) is 16.2. The first-order valence-electron chi connectivity index (χ1n) is 8.45. The van der Waals surface area contributed by atoms with E-state index in [-0.39, 0.29) is 5.91 Å². The largest absolute Gasteiger partial charge is 0.468 e. The Balaban J connectivity index is 1.46. The Hall–Kier alpha value is -2.11. The van der Waals surface area contributed by atoms with Gasteiger partial charge in [0.05, 0.1) is 19.4 Å². The van der Waals surface area contributed by atoms with Crippen LogP contribution >= 0.6 is 0 Å². The maximum Gasteiger partial charge on any atom is 0.238 e. The van der Waals surface area contributed by atoms with Crippen LogP contribution in [-0.4, -0.2) is 48.4 Å². The van der Waals surface area contributed by atoms with Crippen molar-refractivity contribution in [1.29, 1.82) is 0 Å². The molecule has 1 N–H and O–H groups in total. The number of rotatable bonds is 5. The molecular formula is C19H25N3O2. The molecule has 0 unspecified atom stereocenters. The first-order chi connectivity index (χ1) is 11.6. The van der Waals surface area contributed by atoms with Gasteiger partial charge in [-0.05, 0) is 37.1 Å². The van der Waals surface area contributed by atoms with E-state index >= 15 is 0 Å². The highest BCUT2D eigenvalue weighted by molar-refractivity contribution is 5.93. The van der Waals surface area contributed by atoms with Crippen molar-refractivity contribution in [3.8, 4) is 0 Å². The average molecular weight is 327 g/mol. The Kier molecular flexibility index (Phi) is 5.33. The molecule has 1 amide bonds. The number of aryl methyl sites for hydroxylation is 2. The quantitative estimate of drug-likeness (QED) is 0.917. The lowest BCUT2D eigenvalue weighted by molar-refractivity contribution is -0.117. The highest BCUT2D eigenvalue weighted by atomic mass is 16.3. The van der Waals surface area contributed by atoms with Crippen molar-refractivity contribution in [2.45, 2.75) is 20.4 Å². The summed E-state index contributed by atoms with van der Waals surface area (Å²) in [6.45, 7) is 9.06. The number of benzene rings is 1. The van der Waals surface area contributed by atoms with Crippen LogP contribution in [0, 0.1) is 13.8 Å². The number of hydrogen-bond acceptors (Lipinski definition) is 4. The zero-order valence-electron chi connectivity index (χ0n) is 14.4. The minimum absolute atomic E-state index is 0.0619. The molecule has 128 valence electrons. The van der Waals surface area contributed by atoms with E-state index in [1.807, 2.05) is 44.2 Å². The fourth-order valence-electron chi connectivity index (χ4n) is 3.12. The van der Waals surface area contributed by atoms with E-state index in [1.165, 1.54) is 0 Å². The van der Waals surface area contributed by atoms with Crippen LogP contribution in [0.2, 0.25) is 0 Å². The van der Waals surface area contributed by atoms with E-state index in [0.717, 1.165) is 55.3 Å². The lowest BCUT2D eigenvalue weighted by Gasteiger charge is -2.33. The SMILES string of the molecule is Cc1cccc(C)c1NC(=O)CN1CCN(Cc2ccco2)CC1. The summed E-state index contributed by atoms with van der Waals surface area (Å²) in [5, 5.41) is 3.06. The van der Waals surface area contributed by atoms with Gasteiger partial charge in [0, 0.05) is 31.9 Å². The minimum Gasteiger partial charge on any atom is -0.468 e. The minimum atomic E-state index is 0.0619. The highest BCUT2D eigenvalue weighted by Crippen LogP contribution is 2.19. The van der Waals surface area contributed by atoms with Gasteiger partial charge in [-0.2, -0.15) is 0 Å². The Morgan fingerprint density at radius 3 is 2.33 bits per heavy atom. The second-order valence-electron chi connectivity index (χ2n) is 6.45. The van der Waals surface area contributed by atoms with Crippen LogP contribution in [0.3, 0.4) is 0 Å². The molecule has 0 radical (unpaired) electrons. The number of furan rings is 1. The summed E-state index contributed by atoms with van der Waals surface area (Å²) in [5.41, 5.74) is 3.15. The van der Waals surface area contributed by atoms with Crippen LogP contribution in [0.5, 0.6) is 0 Å². The van der Waals surface area contributed by atoms with Crippen molar-refractivity contribution in [3.63, 3.8) is 0 Å². The maximum atomic E-state index is 12.3. The summed E-state index contributed by atoms with van der Waals surface area (Å²) in [7, 11) is 0. The van der Waals surface area contributed by atoms with Crippen LogP contribution in [0.4, 0.5) is 5.69 Å². The van der Waals surface area contributed by atoms with Gasteiger partial charge in [0.1, 0.15) is 5.76 Å². The summed E-state index contributed by atoms with van der Waals surface area (Å²) >= 11 is 0. The molecule has 2 heterocycles. The molecule has 1 aromatic heterocycles. The molecule has 0 bridgehead atoms. The van der Waals surface area contributed by atoms with Crippen LogP contribution in [0.25, 0.3) is 0 Å². The molecule has 1 aromatic carbocycles. The summed E-state index contributed by atoms with van der Waals surface area (Å²) in [6, 6.07) is 9.98. The average Bonchev–Trinajstić information content (AvgIpc) is 3.06. The smallest absolute Gasteiger partial charge is 0.238 e. The van der Waals surface area contributed by atoms with Crippen molar-refractivity contribution in [1.82, 2.24) is 9.80 Å². The van der Waals surface area contributed by atoms with Gasteiger partial charge in [-0.25, -0.2) is 0 Å². The summed E-state index contributed by atoms with van der Waals surface area (Å²) in [6.07, 6.45) is 1.71. The molecule has 1 aliphatic heterocycles. The Morgan fingerprint density at radius 1 is 1.04 bits per heavy atom. The number of nitrogens with zero attached hydrogens (tertiary/aromatic N) is 2. The van der Waals surface area contributed by atoms with Crippen molar-refractivity contribution in [2.24, 2.45) is 0 Å². The Bertz CT molecular complexity index is 654. The van der Waals surface area contributed by atoms with Gasteiger partial charge in [-0.3, -0.25) is 14.6 Å². The number of nitrogens with one attached hydrogen (secondary N) is 1. The van der Waals surface area contributed by atoms with Crippen LogP contribution in [-0.2, 0) is 11.3 Å². The molecule has 24 heavy (non-hydrogen) atoms. The van der Waals surface area contributed by atoms with Crippen molar-refractivity contribution >= 4 is 11.6 Å². The molecule has 5 heteroatoms. The van der Waals surface area contributed by atoms with E-state index < -0.39 is 0 Å². The second-order valence-corrected chi connectivity index (χ2v) is 6.45. The zero-order chi connectivity index (χ0) is 16.9. The monoisotopic (exact) mass is 327 g/mol. The van der Waals surface area contributed by atoms with Gasteiger partial charge in [0.2, 0.25) is 5.91 Å². The fraction of sp³-hybridized carbons (Fsp3) is 0.421. The molecule has 5 nitrogen and oxygen atoms in total. The van der Waals surface area contributed by atoms with Crippen molar-refractivity contribution in [3.05, 3.63) is 53.5 Å². The van der Waals surface area contributed by atoms with E-state index in [0.29, 0.717) is 6.54 Å². The topological polar surface area (TPSA) is 48.7 Å². The Morgan fingerprint density at radius 2 is 1.71 bits per heavy atom. The van der Waals surface area contributed by atoms with Gasteiger partial charge in [-0.15, -0.1) is 0 Å². The number of para-hydroxylation sites is 1. The number of hydrogen-bond donors (Lipinski definition) is 1. The zero-order valence-corrected chi connectivity index (χ0v) is 14.4. The third kappa shape index (κ3) is 4.24. The summed E-state index contributed by atoms with van der Waals surface area (Å²) in [4.78, 5) is 16.9. The highest BCUT2D eigenvalue weighted by Gasteiger charge is 2.20. The number of amides is 1. The molecule has 0 aliphatic carbocycles. The maximum absolute atomic E-state index is 12.3. The van der Waals surface area contributed by atoms with Gasteiger partial charge in [-0.1, -0.05) is 18.2 Å².